The second-order valence-corrected chi connectivity index (χ2v) is 8.62. The minimum Gasteiger partial charge on any atom is -0.322 e. The molecule has 0 saturated carbocycles. The highest BCUT2D eigenvalue weighted by molar-refractivity contribution is 9.10. The number of aryl methyl sites for hydroxylation is 1. The number of amides is 1. The van der Waals surface area contributed by atoms with E-state index < -0.39 is 15.8 Å². The Morgan fingerprint density at radius 3 is 2.29 bits per heavy atom. The number of benzene rings is 3. The molecular formula is C20H16BrFN2O3S. The highest BCUT2D eigenvalue weighted by Crippen LogP contribution is 2.25. The first-order valence-electron chi connectivity index (χ1n) is 8.21. The Kier molecular flexibility index (Phi) is 5.81. The van der Waals surface area contributed by atoms with Crippen LogP contribution in [0.4, 0.5) is 15.8 Å². The van der Waals surface area contributed by atoms with Gasteiger partial charge < -0.3 is 5.32 Å². The second-order valence-electron chi connectivity index (χ2n) is 6.03. The molecule has 3 rings (SSSR count). The van der Waals surface area contributed by atoms with Gasteiger partial charge in [0.15, 0.2) is 0 Å². The van der Waals surface area contributed by atoms with Crippen LogP contribution in [0.5, 0.6) is 0 Å². The maximum Gasteiger partial charge on any atom is 0.261 e. The highest BCUT2D eigenvalue weighted by Gasteiger charge is 2.18. The van der Waals surface area contributed by atoms with Gasteiger partial charge in [-0.2, -0.15) is 0 Å². The van der Waals surface area contributed by atoms with Gasteiger partial charge in [0.05, 0.1) is 10.6 Å². The van der Waals surface area contributed by atoms with Gasteiger partial charge in [-0.05, 0) is 61.0 Å². The molecule has 0 aliphatic carbocycles. The van der Waals surface area contributed by atoms with E-state index in [2.05, 4.69) is 26.0 Å². The molecule has 0 unspecified atom stereocenters. The van der Waals surface area contributed by atoms with E-state index in [1.807, 2.05) is 6.07 Å². The number of carbonyl (C=O) groups excluding carboxylic acids is 1. The summed E-state index contributed by atoms with van der Waals surface area (Å²) in [5.41, 5.74) is 1.39. The summed E-state index contributed by atoms with van der Waals surface area (Å²) in [5.74, 6) is -0.990. The number of anilines is 2. The summed E-state index contributed by atoms with van der Waals surface area (Å²) in [7, 11) is -3.99. The molecule has 0 fully saturated rings. The zero-order valence-electron chi connectivity index (χ0n) is 14.7. The largest absolute Gasteiger partial charge is 0.322 e. The minimum atomic E-state index is -3.99. The van der Waals surface area contributed by atoms with E-state index in [9.17, 15) is 17.6 Å². The second kappa shape index (κ2) is 8.12. The fourth-order valence-corrected chi connectivity index (χ4v) is 3.99. The summed E-state index contributed by atoms with van der Waals surface area (Å²) in [5, 5.41) is 2.75. The molecule has 0 bridgehead atoms. The Bertz CT molecular complexity index is 1140. The Balaban J connectivity index is 1.82. The van der Waals surface area contributed by atoms with Crippen molar-refractivity contribution in [3.8, 4) is 0 Å². The van der Waals surface area contributed by atoms with Gasteiger partial charge in [0.2, 0.25) is 0 Å². The summed E-state index contributed by atoms with van der Waals surface area (Å²) in [6.07, 6.45) is 0. The van der Waals surface area contributed by atoms with E-state index in [-0.39, 0.29) is 16.5 Å². The van der Waals surface area contributed by atoms with Crippen LogP contribution in [0.15, 0.2) is 76.1 Å². The monoisotopic (exact) mass is 462 g/mol. The lowest BCUT2D eigenvalue weighted by Crippen LogP contribution is -2.15. The van der Waals surface area contributed by atoms with Crippen LogP contribution in [0.1, 0.15) is 15.9 Å². The lowest BCUT2D eigenvalue weighted by Gasteiger charge is -2.12. The van der Waals surface area contributed by atoms with Crippen molar-refractivity contribution in [3.05, 3.63) is 88.1 Å². The van der Waals surface area contributed by atoms with E-state index in [0.29, 0.717) is 21.3 Å². The third-order valence-electron chi connectivity index (χ3n) is 3.97. The van der Waals surface area contributed by atoms with Crippen molar-refractivity contribution in [2.45, 2.75) is 11.8 Å². The van der Waals surface area contributed by atoms with E-state index in [4.69, 9.17) is 0 Å². The highest BCUT2D eigenvalue weighted by atomic mass is 79.9. The first kappa shape index (κ1) is 20.0. The Morgan fingerprint density at radius 2 is 1.64 bits per heavy atom. The van der Waals surface area contributed by atoms with Crippen LogP contribution >= 0.6 is 15.9 Å². The van der Waals surface area contributed by atoms with Crippen LogP contribution in [0, 0.1) is 12.7 Å². The van der Waals surface area contributed by atoms with Gasteiger partial charge in [-0.25, -0.2) is 12.8 Å². The molecule has 5 nitrogen and oxygen atoms in total. The molecule has 0 radical (unpaired) electrons. The first-order chi connectivity index (χ1) is 13.3. The van der Waals surface area contributed by atoms with Crippen molar-refractivity contribution in [3.63, 3.8) is 0 Å². The van der Waals surface area contributed by atoms with Gasteiger partial charge in [0, 0.05) is 15.7 Å². The maximum atomic E-state index is 13.9. The first-order valence-corrected chi connectivity index (χ1v) is 10.5. The van der Waals surface area contributed by atoms with E-state index in [0.717, 1.165) is 0 Å². The zero-order valence-corrected chi connectivity index (χ0v) is 17.1. The molecule has 1 amide bonds. The Morgan fingerprint density at radius 1 is 0.964 bits per heavy atom. The summed E-state index contributed by atoms with van der Waals surface area (Å²) >= 11 is 3.12. The van der Waals surface area contributed by atoms with Gasteiger partial charge in [-0.3, -0.25) is 9.52 Å². The number of halogens is 2. The van der Waals surface area contributed by atoms with E-state index in [1.54, 1.807) is 31.2 Å². The van der Waals surface area contributed by atoms with Gasteiger partial charge in [0.25, 0.3) is 15.9 Å². The number of sulfonamides is 1. The molecule has 2 N–H and O–H groups in total. The third-order valence-corrected chi connectivity index (χ3v) is 5.82. The molecule has 8 heteroatoms. The van der Waals surface area contributed by atoms with Crippen molar-refractivity contribution in [1.82, 2.24) is 0 Å². The quantitative estimate of drug-likeness (QED) is 0.563. The van der Waals surface area contributed by atoms with Crippen LogP contribution in [0.25, 0.3) is 0 Å². The summed E-state index contributed by atoms with van der Waals surface area (Å²) in [4.78, 5) is 12.2. The van der Waals surface area contributed by atoms with Crippen molar-refractivity contribution in [2.75, 3.05) is 10.0 Å². The predicted molar refractivity (Wildman–Crippen MR) is 110 cm³/mol. The number of carbonyl (C=O) groups is 1. The van der Waals surface area contributed by atoms with E-state index >= 15 is 0 Å². The van der Waals surface area contributed by atoms with Crippen molar-refractivity contribution in [1.29, 1.82) is 0 Å². The fourth-order valence-electron chi connectivity index (χ4n) is 2.50. The van der Waals surface area contributed by atoms with Crippen LogP contribution in [-0.4, -0.2) is 14.3 Å². The summed E-state index contributed by atoms with van der Waals surface area (Å²) < 4.78 is 41.8. The molecule has 3 aromatic carbocycles. The number of hydrogen-bond acceptors (Lipinski definition) is 3. The van der Waals surface area contributed by atoms with Crippen molar-refractivity contribution >= 4 is 43.2 Å². The Hall–Kier alpha value is -2.71. The molecule has 0 aromatic heterocycles. The van der Waals surface area contributed by atoms with Gasteiger partial charge in [0.1, 0.15) is 5.82 Å². The van der Waals surface area contributed by atoms with Crippen LogP contribution in [0.2, 0.25) is 0 Å². The smallest absolute Gasteiger partial charge is 0.261 e. The molecule has 3 aromatic rings. The third kappa shape index (κ3) is 4.58. The lowest BCUT2D eigenvalue weighted by molar-refractivity contribution is 0.102. The fraction of sp³-hybridized carbons (Fsp3) is 0.0500. The number of hydrogen-bond donors (Lipinski definition) is 2. The van der Waals surface area contributed by atoms with Gasteiger partial charge in [-0.15, -0.1) is 0 Å². The van der Waals surface area contributed by atoms with Gasteiger partial charge in [-0.1, -0.05) is 34.1 Å². The molecule has 0 aliphatic heterocycles. The predicted octanol–water partition coefficient (Wildman–Crippen LogP) is 4.95. The zero-order chi connectivity index (χ0) is 20.3. The standard InChI is InChI=1S/C20H16BrFN2O3S/c1-13-11-16(28(26,27)24-19-9-7-15(21)12-17(19)22)8-10-18(13)23-20(25)14-5-3-2-4-6-14/h2-12,24H,1H3,(H,23,25). The molecule has 0 saturated heterocycles. The molecule has 0 heterocycles. The molecule has 0 aliphatic rings. The molecule has 0 spiro atoms. The molecule has 0 atom stereocenters. The topological polar surface area (TPSA) is 75.3 Å². The lowest BCUT2D eigenvalue weighted by atomic mass is 10.1. The number of rotatable bonds is 5. The minimum absolute atomic E-state index is 0.0370. The van der Waals surface area contributed by atoms with Crippen LogP contribution in [0.3, 0.4) is 0 Å². The molecule has 144 valence electrons. The SMILES string of the molecule is Cc1cc(S(=O)(=O)Nc2ccc(Br)cc2F)ccc1NC(=O)c1ccccc1. The maximum absolute atomic E-state index is 13.9. The average molecular weight is 463 g/mol. The average Bonchev–Trinajstić information content (AvgIpc) is 2.66. The van der Waals surface area contributed by atoms with Crippen LogP contribution in [-0.2, 0) is 10.0 Å². The Labute approximate surface area is 170 Å². The number of nitrogens with one attached hydrogen (secondary N) is 2. The van der Waals surface area contributed by atoms with Gasteiger partial charge >= 0.3 is 0 Å². The van der Waals surface area contributed by atoms with E-state index in [1.165, 1.54) is 36.4 Å². The van der Waals surface area contributed by atoms with Crippen LogP contribution < -0.4 is 10.0 Å². The normalized spacial score (nSPS) is 11.1. The molecule has 28 heavy (non-hydrogen) atoms. The molecular weight excluding hydrogens is 447 g/mol. The van der Waals surface area contributed by atoms with Crippen molar-refractivity contribution < 1.29 is 17.6 Å². The summed E-state index contributed by atoms with van der Waals surface area (Å²) in [6, 6.07) is 17.0. The summed E-state index contributed by atoms with van der Waals surface area (Å²) in [6.45, 7) is 1.68. The van der Waals surface area contributed by atoms with Crippen molar-refractivity contribution in [2.24, 2.45) is 0 Å².